The van der Waals surface area contributed by atoms with E-state index in [0.29, 0.717) is 29.4 Å². The third-order valence-electron chi connectivity index (χ3n) is 6.37. The molecule has 0 spiro atoms. The molecule has 4 aromatic heterocycles. The number of hydrogen-bond donors (Lipinski definition) is 0. The molecule has 0 amide bonds. The Balaban J connectivity index is 1.43. The molecule has 0 unspecified atom stereocenters. The van der Waals surface area contributed by atoms with Crippen LogP contribution in [0.15, 0.2) is 41.5 Å². The smallest absolute Gasteiger partial charge is 0.258 e. The van der Waals surface area contributed by atoms with Gasteiger partial charge in [-0.25, -0.2) is 9.50 Å². The van der Waals surface area contributed by atoms with Gasteiger partial charge in [0.05, 0.1) is 35.5 Å². The second-order valence-corrected chi connectivity index (χ2v) is 8.66. The van der Waals surface area contributed by atoms with Gasteiger partial charge in [0.2, 0.25) is 0 Å². The molecule has 5 heterocycles. The fourth-order valence-electron chi connectivity index (χ4n) is 4.68. The molecule has 0 aromatic carbocycles. The van der Waals surface area contributed by atoms with Crippen LogP contribution in [0.5, 0.6) is 0 Å². The van der Waals surface area contributed by atoms with Crippen molar-refractivity contribution in [2.75, 3.05) is 26.3 Å². The first-order chi connectivity index (χ1) is 15.5. The van der Waals surface area contributed by atoms with E-state index in [-0.39, 0.29) is 12.2 Å². The van der Waals surface area contributed by atoms with Gasteiger partial charge in [0.25, 0.3) is 5.56 Å². The first-order valence-corrected chi connectivity index (χ1v) is 11.2. The van der Waals surface area contributed by atoms with E-state index >= 15 is 0 Å². The monoisotopic (exact) mass is 434 g/mol. The van der Waals surface area contributed by atoms with Crippen molar-refractivity contribution >= 4 is 11.2 Å². The highest BCUT2D eigenvalue weighted by atomic mass is 19.1. The lowest BCUT2D eigenvalue weighted by molar-refractivity contribution is 0.204. The van der Waals surface area contributed by atoms with Crippen molar-refractivity contribution < 1.29 is 4.39 Å². The van der Waals surface area contributed by atoms with Crippen LogP contribution in [-0.4, -0.2) is 55.2 Å². The molecule has 1 saturated heterocycles. The lowest BCUT2D eigenvalue weighted by Gasteiger charge is -2.32. The maximum atomic E-state index is 12.9. The number of fused-ring (bicyclic) bond motifs is 2. The normalized spacial score (nSPS) is 15.7. The zero-order valence-corrected chi connectivity index (χ0v) is 18.5. The summed E-state index contributed by atoms with van der Waals surface area (Å²) in [5.74, 6) is 0.407. The number of aromatic nitrogens is 5. The standard InChI is InChI=1S/C24H27FN6O/c1-16-14-31-22(17(2)26-16)12-21(28-31)20-13-24(32)30-15-19(4-5-23(30)27-20)18-6-10-29(11-7-18)9-3-8-25/h4-5,12-15,18H,3,6-11H2,1-2H3. The largest absolute Gasteiger partial charge is 0.303 e. The lowest BCUT2D eigenvalue weighted by atomic mass is 9.90. The average Bonchev–Trinajstić information content (AvgIpc) is 3.22. The summed E-state index contributed by atoms with van der Waals surface area (Å²) >= 11 is 0. The van der Waals surface area contributed by atoms with E-state index in [1.807, 2.05) is 38.4 Å². The van der Waals surface area contributed by atoms with Gasteiger partial charge < -0.3 is 4.90 Å². The summed E-state index contributed by atoms with van der Waals surface area (Å²) in [5.41, 5.74) is 5.55. The zero-order chi connectivity index (χ0) is 22.2. The minimum atomic E-state index is -0.256. The summed E-state index contributed by atoms with van der Waals surface area (Å²) in [4.78, 5) is 24.5. The Kier molecular flexibility index (Phi) is 5.46. The number of likely N-dealkylation sites (tertiary alicyclic amines) is 1. The first kappa shape index (κ1) is 20.8. The molecule has 32 heavy (non-hydrogen) atoms. The van der Waals surface area contributed by atoms with Crippen molar-refractivity contribution in [3.63, 3.8) is 0 Å². The molecule has 0 aliphatic carbocycles. The summed E-state index contributed by atoms with van der Waals surface area (Å²) in [6, 6.07) is 7.47. The summed E-state index contributed by atoms with van der Waals surface area (Å²) < 4.78 is 15.8. The van der Waals surface area contributed by atoms with Gasteiger partial charge in [-0.05, 0) is 69.8 Å². The maximum Gasteiger partial charge on any atom is 0.258 e. The van der Waals surface area contributed by atoms with Crippen LogP contribution in [0, 0.1) is 13.8 Å². The summed E-state index contributed by atoms with van der Waals surface area (Å²) in [5, 5.41) is 4.61. The van der Waals surface area contributed by atoms with E-state index in [2.05, 4.69) is 21.0 Å². The predicted octanol–water partition coefficient (Wildman–Crippen LogP) is 3.56. The Morgan fingerprint density at radius 1 is 1.06 bits per heavy atom. The van der Waals surface area contributed by atoms with E-state index in [1.165, 1.54) is 0 Å². The molecule has 7 nitrogen and oxygen atoms in total. The van der Waals surface area contributed by atoms with Crippen molar-refractivity contribution in [1.82, 2.24) is 28.9 Å². The lowest BCUT2D eigenvalue weighted by Crippen LogP contribution is -2.34. The molecule has 0 atom stereocenters. The molecule has 0 bridgehead atoms. The number of piperidine rings is 1. The summed E-state index contributed by atoms with van der Waals surface area (Å²) in [6.07, 6.45) is 6.44. The van der Waals surface area contributed by atoms with E-state index < -0.39 is 0 Å². The van der Waals surface area contributed by atoms with Gasteiger partial charge in [0, 0.05) is 18.8 Å². The molecular formula is C24H27FN6O. The number of aryl methyl sites for hydroxylation is 2. The van der Waals surface area contributed by atoms with E-state index in [0.717, 1.165) is 54.9 Å². The Morgan fingerprint density at radius 3 is 2.66 bits per heavy atom. The molecule has 1 aliphatic heterocycles. The Morgan fingerprint density at radius 2 is 1.88 bits per heavy atom. The average molecular weight is 435 g/mol. The quantitative estimate of drug-likeness (QED) is 0.481. The highest BCUT2D eigenvalue weighted by molar-refractivity contribution is 5.66. The van der Waals surface area contributed by atoms with Crippen LogP contribution in [0.3, 0.4) is 0 Å². The molecule has 1 fully saturated rings. The Labute approximate surface area is 185 Å². The van der Waals surface area contributed by atoms with Crippen LogP contribution in [0.1, 0.15) is 42.1 Å². The molecule has 166 valence electrons. The van der Waals surface area contributed by atoms with Gasteiger partial charge in [-0.1, -0.05) is 6.07 Å². The van der Waals surface area contributed by atoms with Crippen LogP contribution in [0.4, 0.5) is 4.39 Å². The van der Waals surface area contributed by atoms with Gasteiger partial charge in [-0.2, -0.15) is 5.10 Å². The minimum absolute atomic E-state index is 0.115. The third kappa shape index (κ3) is 3.90. The second-order valence-electron chi connectivity index (χ2n) is 8.66. The second kappa shape index (κ2) is 8.43. The molecule has 1 aliphatic rings. The van der Waals surface area contributed by atoms with Crippen molar-refractivity contribution in [2.24, 2.45) is 0 Å². The first-order valence-electron chi connectivity index (χ1n) is 11.2. The minimum Gasteiger partial charge on any atom is -0.303 e. The number of halogens is 1. The number of alkyl halides is 1. The van der Waals surface area contributed by atoms with Gasteiger partial charge >= 0.3 is 0 Å². The number of pyridine rings is 1. The van der Waals surface area contributed by atoms with Gasteiger partial charge in [0.1, 0.15) is 11.3 Å². The topological polar surface area (TPSA) is 67.8 Å². The summed E-state index contributed by atoms with van der Waals surface area (Å²) in [6.45, 7) is 6.38. The van der Waals surface area contributed by atoms with Crippen molar-refractivity contribution in [3.8, 4) is 11.4 Å². The number of hydrogen-bond acceptors (Lipinski definition) is 5. The molecule has 4 aromatic rings. The highest BCUT2D eigenvalue weighted by Crippen LogP contribution is 2.28. The molecular weight excluding hydrogens is 407 g/mol. The van der Waals surface area contributed by atoms with Gasteiger partial charge in [0.15, 0.2) is 0 Å². The van der Waals surface area contributed by atoms with E-state index in [9.17, 15) is 9.18 Å². The van der Waals surface area contributed by atoms with Gasteiger partial charge in [-0.3, -0.25) is 18.6 Å². The third-order valence-corrected chi connectivity index (χ3v) is 6.37. The predicted molar refractivity (Wildman–Crippen MR) is 122 cm³/mol. The molecule has 0 N–H and O–H groups in total. The van der Waals surface area contributed by atoms with Gasteiger partial charge in [-0.15, -0.1) is 0 Å². The fourth-order valence-corrected chi connectivity index (χ4v) is 4.68. The van der Waals surface area contributed by atoms with Crippen molar-refractivity contribution in [3.05, 3.63) is 64.0 Å². The SMILES string of the molecule is Cc1cn2nc(-c3cc(=O)n4cc(C5CCN(CCCF)CC5)ccc4n3)cc2c(C)n1. The number of rotatable bonds is 5. The van der Waals surface area contributed by atoms with Crippen molar-refractivity contribution in [1.29, 1.82) is 0 Å². The van der Waals surface area contributed by atoms with Crippen LogP contribution < -0.4 is 5.56 Å². The van der Waals surface area contributed by atoms with E-state index in [1.54, 1.807) is 15.0 Å². The van der Waals surface area contributed by atoms with Crippen LogP contribution in [0.2, 0.25) is 0 Å². The Bertz CT molecular complexity index is 1340. The summed E-state index contributed by atoms with van der Waals surface area (Å²) in [7, 11) is 0. The van der Waals surface area contributed by atoms with Crippen LogP contribution in [-0.2, 0) is 0 Å². The molecule has 0 saturated carbocycles. The highest BCUT2D eigenvalue weighted by Gasteiger charge is 2.21. The maximum absolute atomic E-state index is 12.9. The molecule has 5 rings (SSSR count). The number of nitrogens with zero attached hydrogens (tertiary/aromatic N) is 6. The molecule has 8 heteroatoms. The zero-order valence-electron chi connectivity index (χ0n) is 18.5. The van der Waals surface area contributed by atoms with Crippen LogP contribution >= 0.6 is 0 Å². The Hall–Kier alpha value is -3.13. The van der Waals surface area contributed by atoms with Crippen molar-refractivity contribution in [2.45, 2.75) is 39.0 Å². The van der Waals surface area contributed by atoms with Crippen LogP contribution in [0.25, 0.3) is 22.6 Å². The van der Waals surface area contributed by atoms with E-state index in [4.69, 9.17) is 4.98 Å². The fraction of sp³-hybridized carbons (Fsp3) is 0.417. The molecule has 0 radical (unpaired) electrons.